The van der Waals surface area contributed by atoms with Crippen molar-refractivity contribution in [1.82, 2.24) is 10.0 Å². The van der Waals surface area contributed by atoms with Crippen molar-refractivity contribution in [3.05, 3.63) is 42.5 Å². The summed E-state index contributed by atoms with van der Waals surface area (Å²) in [5.74, 6) is -0.0153. The molecule has 5 nitrogen and oxygen atoms in total. The lowest BCUT2D eigenvalue weighted by Crippen LogP contribution is -2.27. The van der Waals surface area contributed by atoms with Crippen LogP contribution in [0.1, 0.15) is 19.4 Å². The molecule has 0 unspecified atom stereocenters. The molecule has 6 heteroatoms. The van der Waals surface area contributed by atoms with Gasteiger partial charge in [-0.3, -0.25) is 4.79 Å². The van der Waals surface area contributed by atoms with Gasteiger partial charge in [0.25, 0.3) is 0 Å². The maximum Gasteiger partial charge on any atom is 0.243 e. The predicted molar refractivity (Wildman–Crippen MR) is 78.5 cm³/mol. The average Bonchev–Trinajstić information content (AvgIpc) is 2.43. The number of carbonyl (C=O) groups is 1. The molecule has 0 radical (unpaired) electrons. The summed E-state index contributed by atoms with van der Waals surface area (Å²) in [6.07, 6.45) is 1.19. The fourth-order valence-electron chi connectivity index (χ4n) is 1.41. The maximum atomic E-state index is 12.0. The first-order valence-electron chi connectivity index (χ1n) is 6.34. The van der Waals surface area contributed by atoms with Crippen LogP contribution in [0.2, 0.25) is 0 Å². The van der Waals surface area contributed by atoms with Crippen LogP contribution in [0.3, 0.4) is 0 Å². The number of hydrogen-bond acceptors (Lipinski definition) is 3. The molecule has 110 valence electrons. The summed E-state index contributed by atoms with van der Waals surface area (Å²) in [6.45, 7) is 7.97. The van der Waals surface area contributed by atoms with Gasteiger partial charge in [0.05, 0.1) is 4.90 Å². The van der Waals surface area contributed by atoms with E-state index >= 15 is 0 Å². The van der Waals surface area contributed by atoms with Crippen molar-refractivity contribution < 1.29 is 13.2 Å². The number of sulfonamides is 1. The molecular weight excluding hydrogens is 276 g/mol. The summed E-state index contributed by atoms with van der Waals surface area (Å²) in [6, 6.07) is 6.40. The third kappa shape index (κ3) is 5.14. The molecule has 0 aliphatic rings. The van der Waals surface area contributed by atoms with Crippen molar-refractivity contribution in [2.45, 2.75) is 25.3 Å². The third-order valence-electron chi connectivity index (χ3n) is 2.57. The second kappa shape index (κ2) is 7.21. The van der Waals surface area contributed by atoms with Gasteiger partial charge in [-0.1, -0.05) is 32.6 Å². The highest BCUT2D eigenvalue weighted by Gasteiger charge is 2.13. The molecule has 0 aromatic heterocycles. The molecule has 0 heterocycles. The third-order valence-corrected chi connectivity index (χ3v) is 4.01. The van der Waals surface area contributed by atoms with Crippen molar-refractivity contribution in [3.8, 4) is 0 Å². The molecule has 1 aromatic rings. The Bertz CT molecular complexity index is 563. The van der Waals surface area contributed by atoms with Crippen LogP contribution in [0.4, 0.5) is 0 Å². The van der Waals surface area contributed by atoms with Crippen LogP contribution in [0.25, 0.3) is 0 Å². The van der Waals surface area contributed by atoms with Crippen LogP contribution < -0.4 is 10.0 Å². The Labute approximate surface area is 120 Å². The number of carbonyl (C=O) groups excluding carboxylic acids is 1. The van der Waals surface area contributed by atoms with Gasteiger partial charge >= 0.3 is 0 Å². The van der Waals surface area contributed by atoms with Crippen molar-refractivity contribution >= 4 is 15.9 Å². The minimum absolute atomic E-state index is 0.219. The lowest BCUT2D eigenvalue weighted by molar-refractivity contribution is -0.116. The zero-order valence-electron chi connectivity index (χ0n) is 11.7. The molecule has 0 spiro atoms. The summed E-state index contributed by atoms with van der Waals surface area (Å²) < 4.78 is 26.5. The van der Waals surface area contributed by atoms with Gasteiger partial charge in [-0.05, 0) is 29.7 Å². The Morgan fingerprint density at radius 1 is 1.30 bits per heavy atom. The molecule has 20 heavy (non-hydrogen) atoms. The minimum atomic E-state index is -3.46. The molecule has 2 N–H and O–H groups in total. The number of rotatable bonds is 7. The normalized spacial score (nSPS) is 11.3. The Kier molecular flexibility index (Phi) is 5.91. The van der Waals surface area contributed by atoms with Gasteiger partial charge < -0.3 is 5.32 Å². The standard InChI is InChI=1S/C14H20N2O3S/c1-4-14(17)15-10-12-5-7-13(8-6-12)20(18,19)16-9-11(2)3/h4-8,11,16H,1,9-10H2,2-3H3,(H,15,17). The molecule has 1 aromatic carbocycles. The van der Waals surface area contributed by atoms with E-state index in [-0.39, 0.29) is 16.7 Å². The van der Waals surface area contributed by atoms with Crippen LogP contribution in [-0.4, -0.2) is 20.9 Å². The number of benzene rings is 1. The van der Waals surface area contributed by atoms with Crippen LogP contribution in [0.15, 0.2) is 41.8 Å². The first-order chi connectivity index (χ1) is 9.35. The fourth-order valence-corrected chi connectivity index (χ4v) is 2.62. The van der Waals surface area contributed by atoms with E-state index in [9.17, 15) is 13.2 Å². The van der Waals surface area contributed by atoms with E-state index in [4.69, 9.17) is 0 Å². The van der Waals surface area contributed by atoms with Crippen molar-refractivity contribution in [3.63, 3.8) is 0 Å². The van der Waals surface area contributed by atoms with Gasteiger partial charge in [0, 0.05) is 13.1 Å². The summed E-state index contributed by atoms with van der Waals surface area (Å²) >= 11 is 0. The van der Waals surface area contributed by atoms with E-state index in [0.717, 1.165) is 5.56 Å². The smallest absolute Gasteiger partial charge is 0.243 e. The Balaban J connectivity index is 2.70. The summed E-state index contributed by atoms with van der Waals surface area (Å²) in [5.41, 5.74) is 0.822. The molecule has 0 atom stereocenters. The Hall–Kier alpha value is -1.66. The summed E-state index contributed by atoms with van der Waals surface area (Å²) in [7, 11) is -3.46. The first kappa shape index (κ1) is 16.4. The monoisotopic (exact) mass is 296 g/mol. The molecule has 0 saturated carbocycles. The molecule has 0 fully saturated rings. The summed E-state index contributed by atoms with van der Waals surface area (Å²) in [5, 5.41) is 2.62. The molecular formula is C14H20N2O3S. The van der Waals surface area contributed by atoms with E-state index in [0.29, 0.717) is 13.1 Å². The maximum absolute atomic E-state index is 12.0. The summed E-state index contributed by atoms with van der Waals surface area (Å²) in [4.78, 5) is 11.2. The quantitative estimate of drug-likeness (QED) is 0.747. The van der Waals surface area contributed by atoms with Gasteiger partial charge in [0.15, 0.2) is 0 Å². The number of nitrogens with one attached hydrogen (secondary N) is 2. The Morgan fingerprint density at radius 2 is 1.90 bits per heavy atom. The topological polar surface area (TPSA) is 75.3 Å². The molecule has 0 bridgehead atoms. The number of hydrogen-bond donors (Lipinski definition) is 2. The minimum Gasteiger partial charge on any atom is -0.348 e. The van der Waals surface area contributed by atoms with Crippen LogP contribution in [-0.2, 0) is 21.4 Å². The fraction of sp³-hybridized carbons (Fsp3) is 0.357. The van der Waals surface area contributed by atoms with Crippen molar-refractivity contribution in [2.75, 3.05) is 6.54 Å². The Morgan fingerprint density at radius 3 is 2.40 bits per heavy atom. The van der Waals surface area contributed by atoms with Crippen LogP contribution in [0, 0.1) is 5.92 Å². The van der Waals surface area contributed by atoms with Crippen molar-refractivity contribution in [2.24, 2.45) is 5.92 Å². The lowest BCUT2D eigenvalue weighted by Gasteiger charge is -2.09. The highest BCUT2D eigenvalue weighted by atomic mass is 32.2. The molecule has 0 saturated heterocycles. The van der Waals surface area contributed by atoms with Gasteiger partial charge in [0.1, 0.15) is 0 Å². The predicted octanol–water partition coefficient (Wildman–Crippen LogP) is 1.42. The van der Waals surface area contributed by atoms with E-state index in [1.807, 2.05) is 13.8 Å². The van der Waals surface area contributed by atoms with E-state index < -0.39 is 10.0 Å². The van der Waals surface area contributed by atoms with Crippen molar-refractivity contribution in [1.29, 1.82) is 0 Å². The molecule has 1 amide bonds. The van der Waals surface area contributed by atoms with E-state index in [2.05, 4.69) is 16.6 Å². The average molecular weight is 296 g/mol. The zero-order chi connectivity index (χ0) is 15.2. The molecule has 1 rings (SSSR count). The van der Waals surface area contributed by atoms with Gasteiger partial charge in [-0.2, -0.15) is 0 Å². The SMILES string of the molecule is C=CC(=O)NCc1ccc(S(=O)(=O)NCC(C)C)cc1. The second-order valence-corrected chi connectivity index (χ2v) is 6.58. The molecule has 0 aliphatic heterocycles. The van der Waals surface area contributed by atoms with Crippen LogP contribution >= 0.6 is 0 Å². The second-order valence-electron chi connectivity index (χ2n) is 4.81. The van der Waals surface area contributed by atoms with Gasteiger partial charge in [-0.15, -0.1) is 0 Å². The van der Waals surface area contributed by atoms with E-state index in [1.165, 1.54) is 18.2 Å². The van der Waals surface area contributed by atoms with Gasteiger partial charge in [0.2, 0.25) is 15.9 Å². The van der Waals surface area contributed by atoms with Crippen LogP contribution in [0.5, 0.6) is 0 Å². The lowest BCUT2D eigenvalue weighted by atomic mass is 10.2. The first-order valence-corrected chi connectivity index (χ1v) is 7.82. The molecule has 0 aliphatic carbocycles. The highest BCUT2D eigenvalue weighted by molar-refractivity contribution is 7.89. The number of amides is 1. The van der Waals surface area contributed by atoms with E-state index in [1.54, 1.807) is 12.1 Å². The largest absolute Gasteiger partial charge is 0.348 e. The van der Waals surface area contributed by atoms with Gasteiger partial charge in [-0.25, -0.2) is 13.1 Å². The highest BCUT2D eigenvalue weighted by Crippen LogP contribution is 2.10. The zero-order valence-corrected chi connectivity index (χ0v) is 12.5.